The van der Waals surface area contributed by atoms with E-state index in [1.807, 2.05) is 12.5 Å². The normalized spacial score (nSPS) is 25.9. The zero-order chi connectivity index (χ0) is 14.7. The minimum atomic E-state index is 0.223. The molecule has 0 spiro atoms. The Hall–Kier alpha value is -0.390. The first-order chi connectivity index (χ1) is 10.2. The molecule has 0 N–H and O–H groups in total. The van der Waals surface area contributed by atoms with Crippen molar-refractivity contribution in [2.75, 3.05) is 11.5 Å². The number of rotatable bonds is 4. The molecular weight excluding hydrogens is 364 g/mol. The molecule has 0 saturated carbocycles. The van der Waals surface area contributed by atoms with Crippen LogP contribution in [0, 0.1) is 5.92 Å². The second-order valence-electron chi connectivity index (χ2n) is 5.68. The lowest BCUT2D eigenvalue weighted by atomic mass is 10.1. The largest absolute Gasteiger partial charge is 0.335 e. The number of hydrogen-bond acceptors (Lipinski definition) is 3. The van der Waals surface area contributed by atoms with E-state index in [4.69, 9.17) is 0 Å². The Balaban J connectivity index is 1.80. The summed E-state index contributed by atoms with van der Waals surface area (Å²) in [4.78, 5) is 4.19. The zero-order valence-corrected chi connectivity index (χ0v) is 15.3. The van der Waals surface area contributed by atoms with E-state index in [1.165, 1.54) is 17.1 Å². The smallest absolute Gasteiger partial charge is 0.0946 e. The van der Waals surface area contributed by atoms with Crippen LogP contribution in [0.1, 0.15) is 12.5 Å². The SMILES string of the molecule is CC1CSC(Cc2ccc(Br)cc2)(Cn2ccnc2)SC1. The molecular formula is C16H19BrN2S2. The van der Waals surface area contributed by atoms with E-state index < -0.39 is 0 Å². The van der Waals surface area contributed by atoms with Crippen LogP contribution in [0.25, 0.3) is 0 Å². The second-order valence-corrected chi connectivity index (χ2v) is 9.66. The van der Waals surface area contributed by atoms with Gasteiger partial charge in [0.1, 0.15) is 0 Å². The Morgan fingerprint density at radius 2 is 2.00 bits per heavy atom. The first-order valence-corrected chi connectivity index (χ1v) is 9.90. The molecule has 21 heavy (non-hydrogen) atoms. The Kier molecular flexibility index (Phi) is 5.02. The molecule has 112 valence electrons. The van der Waals surface area contributed by atoms with Gasteiger partial charge in [0.15, 0.2) is 0 Å². The van der Waals surface area contributed by atoms with Crippen molar-refractivity contribution in [1.82, 2.24) is 9.55 Å². The van der Waals surface area contributed by atoms with Crippen LogP contribution in [0.3, 0.4) is 0 Å². The molecule has 1 fully saturated rings. The van der Waals surface area contributed by atoms with Crippen LogP contribution in [-0.4, -0.2) is 25.1 Å². The van der Waals surface area contributed by atoms with Crippen LogP contribution < -0.4 is 0 Å². The van der Waals surface area contributed by atoms with E-state index in [0.717, 1.165) is 23.4 Å². The highest BCUT2D eigenvalue weighted by atomic mass is 79.9. The van der Waals surface area contributed by atoms with Crippen LogP contribution in [0.4, 0.5) is 0 Å². The Labute approximate surface area is 143 Å². The fourth-order valence-corrected chi connectivity index (χ4v) is 6.08. The average molecular weight is 383 g/mol. The number of aromatic nitrogens is 2. The fraction of sp³-hybridized carbons (Fsp3) is 0.438. The molecule has 0 atom stereocenters. The topological polar surface area (TPSA) is 17.8 Å². The maximum Gasteiger partial charge on any atom is 0.0946 e. The van der Waals surface area contributed by atoms with Crippen LogP contribution >= 0.6 is 39.5 Å². The van der Waals surface area contributed by atoms with Gasteiger partial charge in [0, 0.05) is 23.4 Å². The molecule has 2 heterocycles. The number of nitrogens with zero attached hydrogens (tertiary/aromatic N) is 2. The number of thioether (sulfide) groups is 2. The predicted molar refractivity (Wildman–Crippen MR) is 96.9 cm³/mol. The molecule has 1 aliphatic rings. The van der Waals surface area contributed by atoms with E-state index in [1.54, 1.807) is 0 Å². The van der Waals surface area contributed by atoms with Crippen molar-refractivity contribution in [3.05, 3.63) is 53.0 Å². The number of benzene rings is 1. The van der Waals surface area contributed by atoms with Crippen molar-refractivity contribution in [2.45, 2.75) is 24.0 Å². The highest BCUT2D eigenvalue weighted by Gasteiger charge is 2.36. The van der Waals surface area contributed by atoms with Crippen LogP contribution in [0.2, 0.25) is 0 Å². The molecule has 0 bridgehead atoms. The molecule has 2 nitrogen and oxygen atoms in total. The van der Waals surface area contributed by atoms with Gasteiger partial charge >= 0.3 is 0 Å². The van der Waals surface area contributed by atoms with Crippen LogP contribution in [0.5, 0.6) is 0 Å². The summed E-state index contributed by atoms with van der Waals surface area (Å²) >= 11 is 7.76. The van der Waals surface area contributed by atoms with Crippen molar-refractivity contribution in [2.24, 2.45) is 5.92 Å². The Morgan fingerprint density at radius 3 is 2.62 bits per heavy atom. The monoisotopic (exact) mass is 382 g/mol. The van der Waals surface area contributed by atoms with Crippen molar-refractivity contribution in [1.29, 1.82) is 0 Å². The van der Waals surface area contributed by atoms with Gasteiger partial charge in [-0.1, -0.05) is 35.0 Å². The lowest BCUT2D eigenvalue weighted by molar-refractivity contribution is 0.607. The van der Waals surface area contributed by atoms with Crippen molar-refractivity contribution < 1.29 is 0 Å². The third-order valence-corrected chi connectivity index (χ3v) is 7.94. The van der Waals surface area contributed by atoms with Gasteiger partial charge in [-0.05, 0) is 41.5 Å². The summed E-state index contributed by atoms with van der Waals surface area (Å²) in [6.07, 6.45) is 6.97. The number of halogens is 1. The first-order valence-electron chi connectivity index (χ1n) is 7.13. The molecule has 5 heteroatoms. The Morgan fingerprint density at radius 1 is 1.29 bits per heavy atom. The lowest BCUT2D eigenvalue weighted by Crippen LogP contribution is -2.35. The van der Waals surface area contributed by atoms with Gasteiger partial charge in [-0.15, -0.1) is 23.5 Å². The van der Waals surface area contributed by atoms with Gasteiger partial charge in [-0.25, -0.2) is 4.98 Å². The summed E-state index contributed by atoms with van der Waals surface area (Å²) in [7, 11) is 0. The van der Waals surface area contributed by atoms with E-state index in [0.29, 0.717) is 0 Å². The van der Waals surface area contributed by atoms with Gasteiger partial charge in [-0.3, -0.25) is 0 Å². The van der Waals surface area contributed by atoms with Crippen LogP contribution in [-0.2, 0) is 13.0 Å². The lowest BCUT2D eigenvalue weighted by Gasteiger charge is -2.38. The molecule has 0 amide bonds. The summed E-state index contributed by atoms with van der Waals surface area (Å²) in [5.41, 5.74) is 1.41. The van der Waals surface area contributed by atoms with E-state index >= 15 is 0 Å². The molecule has 1 saturated heterocycles. The van der Waals surface area contributed by atoms with Gasteiger partial charge in [0.05, 0.1) is 10.4 Å². The van der Waals surface area contributed by atoms with Gasteiger partial charge in [-0.2, -0.15) is 0 Å². The fourth-order valence-electron chi connectivity index (χ4n) is 2.50. The van der Waals surface area contributed by atoms with Crippen molar-refractivity contribution in [3.63, 3.8) is 0 Å². The van der Waals surface area contributed by atoms with Crippen molar-refractivity contribution >= 4 is 39.5 Å². The van der Waals surface area contributed by atoms with Gasteiger partial charge in [0.25, 0.3) is 0 Å². The predicted octanol–water partition coefficient (Wildman–Crippen LogP) is 4.70. The summed E-state index contributed by atoms with van der Waals surface area (Å²) in [6.45, 7) is 3.37. The average Bonchev–Trinajstić information content (AvgIpc) is 2.98. The number of imidazole rings is 1. The summed E-state index contributed by atoms with van der Waals surface area (Å²) in [5, 5.41) is 0. The van der Waals surface area contributed by atoms with Gasteiger partial charge < -0.3 is 4.57 Å². The van der Waals surface area contributed by atoms with Crippen LogP contribution in [0.15, 0.2) is 47.5 Å². The highest BCUT2D eigenvalue weighted by Crippen LogP contribution is 2.47. The third kappa shape index (κ3) is 4.08. The quantitative estimate of drug-likeness (QED) is 0.762. The summed E-state index contributed by atoms with van der Waals surface area (Å²) < 4.78 is 3.59. The third-order valence-electron chi connectivity index (χ3n) is 3.63. The Bertz CT molecular complexity index is 560. The minimum Gasteiger partial charge on any atom is -0.335 e. The van der Waals surface area contributed by atoms with Crippen molar-refractivity contribution in [3.8, 4) is 0 Å². The molecule has 0 aliphatic carbocycles. The maximum atomic E-state index is 4.19. The van der Waals surface area contributed by atoms with E-state index in [9.17, 15) is 0 Å². The molecule has 1 aromatic carbocycles. The number of hydrogen-bond donors (Lipinski definition) is 0. The maximum absolute atomic E-state index is 4.19. The van der Waals surface area contributed by atoms with Gasteiger partial charge in [0.2, 0.25) is 0 Å². The van der Waals surface area contributed by atoms with E-state index in [2.05, 4.69) is 86.4 Å². The standard InChI is InChI=1S/C16H19BrN2S2/c1-13-9-20-16(21-10-13,11-19-7-6-18-12-19)8-14-2-4-15(17)5-3-14/h2-7,12-13H,8-11H2,1H3. The molecule has 0 radical (unpaired) electrons. The highest BCUT2D eigenvalue weighted by molar-refractivity contribution is 9.10. The molecule has 0 unspecified atom stereocenters. The molecule has 2 aromatic rings. The summed E-state index contributed by atoms with van der Waals surface area (Å²) in [5.74, 6) is 3.30. The minimum absolute atomic E-state index is 0.223. The molecule has 3 rings (SSSR count). The van der Waals surface area contributed by atoms with E-state index in [-0.39, 0.29) is 4.08 Å². The molecule has 1 aliphatic heterocycles. The second kappa shape index (κ2) is 6.80. The first kappa shape index (κ1) is 15.5. The zero-order valence-electron chi connectivity index (χ0n) is 12.0. The molecule has 1 aromatic heterocycles. The summed E-state index contributed by atoms with van der Waals surface area (Å²) in [6, 6.07) is 8.75.